The van der Waals surface area contributed by atoms with E-state index in [0.717, 1.165) is 43.6 Å². The Kier molecular flexibility index (Phi) is 6.63. The summed E-state index contributed by atoms with van der Waals surface area (Å²) in [5.74, 6) is 1.07. The predicted octanol–water partition coefficient (Wildman–Crippen LogP) is 4.77. The maximum atomic E-state index is 12.0. The second-order valence-corrected chi connectivity index (χ2v) is 10.0. The summed E-state index contributed by atoms with van der Waals surface area (Å²) in [4.78, 5) is 18.9. The molecule has 7 heteroatoms. The van der Waals surface area contributed by atoms with Crippen molar-refractivity contribution >= 4 is 17.6 Å². The first kappa shape index (κ1) is 22.9. The first-order valence-corrected chi connectivity index (χ1v) is 11.6. The van der Waals surface area contributed by atoms with Crippen LogP contribution in [-0.4, -0.2) is 47.7 Å². The number of carbonyl (C=O) groups excluding carboxylic acids is 1. The predicted molar refractivity (Wildman–Crippen MR) is 123 cm³/mol. The van der Waals surface area contributed by atoms with Crippen LogP contribution in [0.5, 0.6) is 11.8 Å². The Hall–Kier alpha value is -2.31. The van der Waals surface area contributed by atoms with Crippen molar-refractivity contribution in [3.63, 3.8) is 0 Å². The third kappa shape index (κ3) is 5.36. The molecule has 0 radical (unpaired) electrons. The Bertz CT molecular complexity index is 965. The van der Waals surface area contributed by atoms with Gasteiger partial charge in [-0.05, 0) is 58.8 Å². The van der Waals surface area contributed by atoms with E-state index in [1.165, 1.54) is 0 Å². The highest BCUT2D eigenvalue weighted by atomic mass is 35.5. The van der Waals surface area contributed by atoms with E-state index in [4.69, 9.17) is 25.8 Å². The fourth-order valence-corrected chi connectivity index (χ4v) is 4.52. The molecule has 6 nitrogen and oxygen atoms in total. The van der Waals surface area contributed by atoms with Gasteiger partial charge in [0.2, 0.25) is 11.8 Å². The first-order valence-electron chi connectivity index (χ1n) is 11.2. The number of aromatic nitrogens is 1. The average Bonchev–Trinajstić information content (AvgIpc) is 3.09. The molecule has 172 valence electrons. The van der Waals surface area contributed by atoms with Crippen LogP contribution in [0, 0.1) is 0 Å². The number of rotatable bonds is 6. The second kappa shape index (κ2) is 9.28. The summed E-state index contributed by atoms with van der Waals surface area (Å²) in [6.45, 7) is 9.28. The number of hydrogen-bond donors (Lipinski definition) is 0. The topological polar surface area (TPSA) is 60.9 Å². The molecule has 2 aliphatic heterocycles. The quantitative estimate of drug-likeness (QED) is 0.581. The lowest BCUT2D eigenvalue weighted by molar-refractivity contribution is -0.155. The van der Waals surface area contributed by atoms with Crippen LogP contribution in [0.2, 0.25) is 5.02 Å². The lowest BCUT2D eigenvalue weighted by Crippen LogP contribution is -2.44. The van der Waals surface area contributed by atoms with Crippen molar-refractivity contribution in [1.29, 1.82) is 0 Å². The number of ether oxygens (including phenoxy) is 3. The number of likely N-dealkylation sites (tertiary alicyclic amines) is 1. The number of benzene rings is 1. The molecule has 2 aliphatic rings. The molecule has 4 rings (SSSR count). The molecule has 0 atom stereocenters. The number of carbonyl (C=O) groups is 1. The Labute approximate surface area is 194 Å². The summed E-state index contributed by atoms with van der Waals surface area (Å²) in [5, 5.41) is 0.683. The fourth-order valence-electron chi connectivity index (χ4n) is 4.33. The van der Waals surface area contributed by atoms with E-state index < -0.39 is 5.60 Å². The molecule has 0 aliphatic carbocycles. The molecular weight excluding hydrogens is 428 g/mol. The van der Waals surface area contributed by atoms with Crippen molar-refractivity contribution in [2.45, 2.75) is 57.7 Å². The normalized spacial score (nSPS) is 17.6. The van der Waals surface area contributed by atoms with Gasteiger partial charge >= 0.3 is 5.97 Å². The van der Waals surface area contributed by atoms with E-state index >= 15 is 0 Å². The van der Waals surface area contributed by atoms with E-state index in [0.29, 0.717) is 36.4 Å². The summed E-state index contributed by atoms with van der Waals surface area (Å²) in [6, 6.07) is 11.6. The summed E-state index contributed by atoms with van der Waals surface area (Å²) in [6.07, 6.45) is 2.39. The zero-order valence-electron chi connectivity index (χ0n) is 19.0. The van der Waals surface area contributed by atoms with Gasteiger partial charge in [0.05, 0.1) is 13.0 Å². The summed E-state index contributed by atoms with van der Waals surface area (Å²) in [7, 11) is 0. The van der Waals surface area contributed by atoms with Gasteiger partial charge in [-0.1, -0.05) is 29.8 Å². The van der Waals surface area contributed by atoms with Gasteiger partial charge in [-0.15, -0.1) is 0 Å². The van der Waals surface area contributed by atoms with Crippen molar-refractivity contribution in [3.05, 3.63) is 52.5 Å². The molecule has 3 heterocycles. The Morgan fingerprint density at radius 3 is 2.66 bits per heavy atom. The van der Waals surface area contributed by atoms with E-state index in [-0.39, 0.29) is 11.4 Å². The molecular formula is C25H31ClN2O4. The zero-order chi connectivity index (χ0) is 22.8. The van der Waals surface area contributed by atoms with Gasteiger partial charge in [0.15, 0.2) is 0 Å². The molecule has 0 saturated carbocycles. The maximum absolute atomic E-state index is 12.0. The number of fused-ring (bicyclic) bond motifs is 2. The Morgan fingerprint density at radius 1 is 1.19 bits per heavy atom. The highest BCUT2D eigenvalue weighted by Crippen LogP contribution is 2.45. The number of hydrogen-bond acceptors (Lipinski definition) is 6. The van der Waals surface area contributed by atoms with Crippen LogP contribution in [0.25, 0.3) is 0 Å². The van der Waals surface area contributed by atoms with Crippen LogP contribution in [-0.2, 0) is 21.6 Å². The van der Waals surface area contributed by atoms with E-state index in [9.17, 15) is 4.79 Å². The molecule has 0 unspecified atom stereocenters. The monoisotopic (exact) mass is 458 g/mol. The lowest BCUT2D eigenvalue weighted by Gasteiger charge is -2.38. The summed E-state index contributed by atoms with van der Waals surface area (Å²) < 4.78 is 17.3. The average molecular weight is 459 g/mol. The Balaban J connectivity index is 1.32. The largest absolute Gasteiger partial charge is 0.476 e. The highest BCUT2D eigenvalue weighted by Gasteiger charge is 2.44. The van der Waals surface area contributed by atoms with Crippen LogP contribution in [0.1, 0.15) is 51.2 Å². The number of halogens is 1. The number of nitrogens with zero attached hydrogens (tertiary/aromatic N) is 2. The minimum absolute atomic E-state index is 0.00792. The van der Waals surface area contributed by atoms with Gasteiger partial charge in [0.1, 0.15) is 12.2 Å². The first-order chi connectivity index (χ1) is 15.2. The molecule has 1 spiro atoms. The van der Waals surface area contributed by atoms with Crippen LogP contribution in [0.3, 0.4) is 0 Å². The lowest BCUT2D eigenvalue weighted by atomic mass is 9.75. The molecule has 0 N–H and O–H groups in total. The maximum Gasteiger partial charge on any atom is 0.307 e. The van der Waals surface area contributed by atoms with Crippen molar-refractivity contribution in [2.24, 2.45) is 0 Å². The summed E-state index contributed by atoms with van der Waals surface area (Å²) >= 11 is 6.21. The highest BCUT2D eigenvalue weighted by molar-refractivity contribution is 6.31. The molecule has 2 aromatic rings. The SMILES string of the molecule is CC(C)(C)OC(=O)CCN1CCC2(CC1)COc1nc(OCc3ccccc3Cl)ccc12. The summed E-state index contributed by atoms with van der Waals surface area (Å²) in [5.41, 5.74) is 1.64. The molecule has 1 saturated heterocycles. The third-order valence-electron chi connectivity index (χ3n) is 6.09. The minimum Gasteiger partial charge on any atom is -0.476 e. The molecule has 1 aromatic heterocycles. The van der Waals surface area contributed by atoms with Crippen LogP contribution in [0.4, 0.5) is 0 Å². The molecule has 32 heavy (non-hydrogen) atoms. The molecule has 0 bridgehead atoms. The van der Waals surface area contributed by atoms with Crippen molar-refractivity contribution < 1.29 is 19.0 Å². The Morgan fingerprint density at radius 2 is 1.94 bits per heavy atom. The standard InChI is InChI=1S/C25H31ClN2O4/c1-24(2,3)32-22(29)10-13-28-14-11-25(12-15-28)17-31-23-19(25)8-9-21(27-23)30-16-18-6-4-5-7-20(18)26/h4-9H,10-17H2,1-3H3. The third-order valence-corrected chi connectivity index (χ3v) is 6.46. The smallest absolute Gasteiger partial charge is 0.307 e. The van der Waals surface area contributed by atoms with Gasteiger partial charge < -0.3 is 19.1 Å². The number of pyridine rings is 1. The zero-order valence-corrected chi connectivity index (χ0v) is 19.8. The van der Waals surface area contributed by atoms with Crippen molar-refractivity contribution in [3.8, 4) is 11.8 Å². The van der Waals surface area contributed by atoms with E-state index in [2.05, 4.69) is 16.0 Å². The molecule has 1 fully saturated rings. The van der Waals surface area contributed by atoms with Gasteiger partial charge in [0, 0.05) is 34.2 Å². The van der Waals surface area contributed by atoms with Crippen LogP contribution >= 0.6 is 11.6 Å². The van der Waals surface area contributed by atoms with Crippen molar-refractivity contribution in [1.82, 2.24) is 9.88 Å². The fraction of sp³-hybridized carbons (Fsp3) is 0.520. The van der Waals surface area contributed by atoms with Crippen molar-refractivity contribution in [2.75, 3.05) is 26.2 Å². The number of esters is 1. The number of piperidine rings is 1. The van der Waals surface area contributed by atoms with E-state index in [1.807, 2.05) is 51.1 Å². The van der Waals surface area contributed by atoms with E-state index in [1.54, 1.807) is 0 Å². The molecule has 0 amide bonds. The second-order valence-electron chi connectivity index (χ2n) is 9.63. The van der Waals surface area contributed by atoms with Gasteiger partial charge in [-0.3, -0.25) is 4.79 Å². The van der Waals surface area contributed by atoms with Gasteiger partial charge in [-0.25, -0.2) is 0 Å². The molecule has 1 aromatic carbocycles. The minimum atomic E-state index is -0.434. The van der Waals surface area contributed by atoms with Crippen LogP contribution in [0.15, 0.2) is 36.4 Å². The van der Waals surface area contributed by atoms with Gasteiger partial charge in [-0.2, -0.15) is 4.98 Å². The van der Waals surface area contributed by atoms with Gasteiger partial charge in [0.25, 0.3) is 0 Å². The van der Waals surface area contributed by atoms with Crippen LogP contribution < -0.4 is 9.47 Å².